The Balaban J connectivity index is 2.42. The van der Waals surface area contributed by atoms with Gasteiger partial charge in [0.2, 0.25) is 0 Å². The normalized spacial score (nSPS) is 19.1. The molecule has 1 atom stereocenters. The van der Waals surface area contributed by atoms with E-state index >= 15 is 0 Å². The molecule has 6 nitrogen and oxygen atoms in total. The maximum absolute atomic E-state index is 11.7. The predicted molar refractivity (Wildman–Crippen MR) is 72.7 cm³/mol. The van der Waals surface area contributed by atoms with Gasteiger partial charge in [0.25, 0.3) is 0 Å². The van der Waals surface area contributed by atoms with Crippen molar-refractivity contribution in [2.45, 2.75) is 32.8 Å². The molecule has 6 heteroatoms. The number of allylic oxidation sites excluding steroid dienone is 1. The van der Waals surface area contributed by atoms with Gasteiger partial charge in [0, 0.05) is 25.5 Å². The number of ether oxygens (including phenoxy) is 3. The van der Waals surface area contributed by atoms with E-state index in [1.54, 1.807) is 6.92 Å². The number of hydrogen-bond donors (Lipinski definition) is 1. The largest absolute Gasteiger partial charge is 0.459 e. The van der Waals surface area contributed by atoms with Gasteiger partial charge in [-0.05, 0) is 26.7 Å². The quantitative estimate of drug-likeness (QED) is 0.311. The van der Waals surface area contributed by atoms with E-state index in [0.29, 0.717) is 25.5 Å². The number of hydrogen-bond acceptors (Lipinski definition) is 6. The first kappa shape index (κ1) is 16.5. The fourth-order valence-corrected chi connectivity index (χ4v) is 1.85. The lowest BCUT2D eigenvalue weighted by atomic mass is 10.2. The van der Waals surface area contributed by atoms with Gasteiger partial charge in [-0.25, -0.2) is 4.79 Å². The van der Waals surface area contributed by atoms with Gasteiger partial charge in [-0.1, -0.05) is 0 Å². The fourth-order valence-electron chi connectivity index (χ4n) is 1.85. The Hall–Kier alpha value is -1.58. The predicted octanol–water partition coefficient (Wildman–Crippen LogP) is 1.13. The van der Waals surface area contributed by atoms with Gasteiger partial charge in [-0.15, -0.1) is 0 Å². The third kappa shape index (κ3) is 5.59. The number of nitrogens with one attached hydrogen (secondary N) is 1. The standard InChI is InChI=1S/C14H22N2O4/c1-3-18-7-8-20-14(17)13(9-15)11(2)16-10-12-5-4-6-19-12/h12,16H,3-8,10H2,1-2H3/b13-11+. The summed E-state index contributed by atoms with van der Waals surface area (Å²) in [6.45, 7) is 5.99. The van der Waals surface area contributed by atoms with Gasteiger partial charge in [-0.3, -0.25) is 0 Å². The summed E-state index contributed by atoms with van der Waals surface area (Å²) in [7, 11) is 0. The molecule has 1 saturated heterocycles. The number of nitriles is 1. The maximum Gasteiger partial charge on any atom is 0.350 e. The number of rotatable bonds is 8. The molecule has 0 aromatic rings. The summed E-state index contributed by atoms with van der Waals surface area (Å²) in [5.41, 5.74) is 0.518. The van der Waals surface area contributed by atoms with E-state index in [1.807, 2.05) is 13.0 Å². The first-order chi connectivity index (χ1) is 9.69. The van der Waals surface area contributed by atoms with Gasteiger partial charge in [0.05, 0.1) is 12.7 Å². The SMILES string of the molecule is CCOCCOC(=O)/C(C#N)=C(\C)NCC1CCCO1. The van der Waals surface area contributed by atoms with Crippen molar-refractivity contribution in [1.82, 2.24) is 5.32 Å². The molecule has 0 aromatic heterocycles. The summed E-state index contributed by atoms with van der Waals surface area (Å²) in [6, 6.07) is 1.88. The lowest BCUT2D eigenvalue weighted by Gasteiger charge is -2.13. The molecular weight excluding hydrogens is 260 g/mol. The maximum atomic E-state index is 11.7. The second-order valence-electron chi connectivity index (χ2n) is 4.46. The average molecular weight is 282 g/mol. The molecule has 1 unspecified atom stereocenters. The van der Waals surface area contributed by atoms with Crippen LogP contribution in [0.1, 0.15) is 26.7 Å². The van der Waals surface area contributed by atoms with Crippen molar-refractivity contribution in [3.05, 3.63) is 11.3 Å². The minimum atomic E-state index is -0.621. The number of nitrogens with zero attached hydrogens (tertiary/aromatic N) is 1. The molecule has 1 fully saturated rings. The van der Waals surface area contributed by atoms with Crippen molar-refractivity contribution < 1.29 is 19.0 Å². The molecule has 1 aliphatic heterocycles. The highest BCUT2D eigenvalue weighted by Gasteiger charge is 2.18. The Morgan fingerprint density at radius 1 is 1.50 bits per heavy atom. The van der Waals surface area contributed by atoms with Crippen LogP contribution in [0.4, 0.5) is 0 Å². The van der Waals surface area contributed by atoms with Crippen LogP contribution >= 0.6 is 0 Å². The van der Waals surface area contributed by atoms with Crippen LogP contribution < -0.4 is 5.32 Å². The first-order valence-electron chi connectivity index (χ1n) is 6.90. The molecule has 20 heavy (non-hydrogen) atoms. The van der Waals surface area contributed by atoms with Gasteiger partial charge in [-0.2, -0.15) is 5.26 Å². The van der Waals surface area contributed by atoms with Crippen LogP contribution in [0.15, 0.2) is 11.3 Å². The molecule has 0 aliphatic carbocycles. The molecule has 1 aliphatic rings. The molecule has 112 valence electrons. The Labute approximate surface area is 119 Å². The molecule has 1 rings (SSSR count). The van der Waals surface area contributed by atoms with Gasteiger partial charge in [0.1, 0.15) is 12.7 Å². The minimum absolute atomic E-state index is 0.000467. The number of carbonyl (C=O) groups is 1. The summed E-state index contributed by atoms with van der Waals surface area (Å²) >= 11 is 0. The highest BCUT2D eigenvalue weighted by molar-refractivity contribution is 5.93. The zero-order valence-corrected chi connectivity index (χ0v) is 12.1. The van der Waals surface area contributed by atoms with Crippen molar-refractivity contribution in [1.29, 1.82) is 5.26 Å². The third-order valence-corrected chi connectivity index (χ3v) is 2.97. The van der Waals surface area contributed by atoms with E-state index in [1.165, 1.54) is 0 Å². The number of carbonyl (C=O) groups excluding carboxylic acids is 1. The van der Waals surface area contributed by atoms with E-state index in [9.17, 15) is 4.79 Å². The molecule has 1 heterocycles. The number of esters is 1. The Morgan fingerprint density at radius 2 is 2.30 bits per heavy atom. The summed E-state index contributed by atoms with van der Waals surface area (Å²) in [4.78, 5) is 11.7. The van der Waals surface area contributed by atoms with Gasteiger partial charge >= 0.3 is 5.97 Å². The van der Waals surface area contributed by atoms with Crippen molar-refractivity contribution >= 4 is 5.97 Å². The second-order valence-corrected chi connectivity index (χ2v) is 4.46. The summed E-state index contributed by atoms with van der Waals surface area (Å²) in [6.07, 6.45) is 2.21. The van der Waals surface area contributed by atoms with E-state index in [-0.39, 0.29) is 18.3 Å². The lowest BCUT2D eigenvalue weighted by molar-refractivity contribution is -0.140. The van der Waals surface area contributed by atoms with Crippen LogP contribution in [0.5, 0.6) is 0 Å². The van der Waals surface area contributed by atoms with Gasteiger partial charge in [0.15, 0.2) is 5.57 Å². The Kier molecular flexibility index (Phi) is 7.70. The van der Waals surface area contributed by atoms with Crippen LogP contribution in [0, 0.1) is 11.3 Å². The lowest BCUT2D eigenvalue weighted by Crippen LogP contribution is -2.27. The molecular formula is C14H22N2O4. The summed E-state index contributed by atoms with van der Waals surface area (Å²) in [5.74, 6) is -0.621. The van der Waals surface area contributed by atoms with E-state index in [4.69, 9.17) is 19.5 Å². The van der Waals surface area contributed by atoms with Crippen LogP contribution in [0.3, 0.4) is 0 Å². The molecule has 1 N–H and O–H groups in total. The molecule has 0 spiro atoms. The zero-order chi connectivity index (χ0) is 14.8. The Bertz CT molecular complexity index is 381. The van der Waals surface area contributed by atoms with Crippen LogP contribution in [0.25, 0.3) is 0 Å². The fraction of sp³-hybridized carbons (Fsp3) is 0.714. The van der Waals surface area contributed by atoms with E-state index in [0.717, 1.165) is 19.4 Å². The van der Waals surface area contributed by atoms with Crippen molar-refractivity contribution in [3.63, 3.8) is 0 Å². The summed E-state index contributed by atoms with van der Waals surface area (Å²) in [5, 5.41) is 12.1. The monoisotopic (exact) mass is 282 g/mol. The topological polar surface area (TPSA) is 80.6 Å². The molecule has 0 saturated carbocycles. The Morgan fingerprint density at radius 3 is 2.90 bits per heavy atom. The van der Waals surface area contributed by atoms with Crippen molar-refractivity contribution in [3.8, 4) is 6.07 Å². The molecule has 0 radical (unpaired) electrons. The van der Waals surface area contributed by atoms with Crippen LogP contribution in [-0.2, 0) is 19.0 Å². The van der Waals surface area contributed by atoms with Crippen molar-refractivity contribution in [2.75, 3.05) is 33.0 Å². The molecule has 0 aromatic carbocycles. The average Bonchev–Trinajstić information content (AvgIpc) is 2.95. The highest BCUT2D eigenvalue weighted by atomic mass is 16.6. The van der Waals surface area contributed by atoms with E-state index in [2.05, 4.69) is 5.32 Å². The van der Waals surface area contributed by atoms with Crippen molar-refractivity contribution in [2.24, 2.45) is 0 Å². The van der Waals surface area contributed by atoms with Crippen LogP contribution in [0.2, 0.25) is 0 Å². The summed E-state index contributed by atoms with van der Waals surface area (Å²) < 4.78 is 15.5. The highest BCUT2D eigenvalue weighted by Crippen LogP contribution is 2.11. The second kappa shape index (κ2) is 9.34. The van der Waals surface area contributed by atoms with Crippen LogP contribution in [-0.4, -0.2) is 45.0 Å². The first-order valence-corrected chi connectivity index (χ1v) is 6.90. The van der Waals surface area contributed by atoms with E-state index < -0.39 is 5.97 Å². The smallest absolute Gasteiger partial charge is 0.350 e. The molecule has 0 bridgehead atoms. The zero-order valence-electron chi connectivity index (χ0n) is 12.1. The molecule has 0 amide bonds. The third-order valence-electron chi connectivity index (χ3n) is 2.97. The van der Waals surface area contributed by atoms with Gasteiger partial charge < -0.3 is 19.5 Å². The minimum Gasteiger partial charge on any atom is -0.459 e.